The number of likely N-dealkylation sites (N-methyl/N-ethyl adjacent to an activating group) is 1. The second-order valence-electron chi connectivity index (χ2n) is 6.78. The molecule has 1 aliphatic carbocycles. The molecule has 3 N–H and O–H groups in total. The van der Waals surface area contributed by atoms with Crippen molar-refractivity contribution in [2.24, 2.45) is 0 Å². The van der Waals surface area contributed by atoms with Crippen LogP contribution >= 0.6 is 0 Å². The van der Waals surface area contributed by atoms with Gasteiger partial charge in [0, 0.05) is 25.6 Å². The molecule has 0 spiro atoms. The molecule has 1 aliphatic rings. The second-order valence-corrected chi connectivity index (χ2v) is 6.78. The molecule has 140 valence electrons. The highest BCUT2D eigenvalue weighted by molar-refractivity contribution is 5.78. The molecule has 1 aromatic heterocycles. The summed E-state index contributed by atoms with van der Waals surface area (Å²) in [6.45, 7) is 0.797. The fourth-order valence-corrected chi connectivity index (χ4v) is 3.09. The predicted octanol–water partition coefficient (Wildman–Crippen LogP) is 2.02. The summed E-state index contributed by atoms with van der Waals surface area (Å²) in [5.74, 6) is 0.728. The molecule has 7 nitrogen and oxygen atoms in total. The van der Waals surface area contributed by atoms with Gasteiger partial charge in [0.25, 0.3) is 0 Å². The molecule has 0 bridgehead atoms. The Morgan fingerprint density at radius 1 is 1.24 bits per heavy atom. The monoisotopic (exact) mass is 350 g/mol. The normalized spacial score (nSPS) is 16.4. The zero-order valence-electron chi connectivity index (χ0n) is 15.2. The van der Waals surface area contributed by atoms with Crippen LogP contribution < -0.4 is 16.0 Å². The molecule has 1 fully saturated rings. The third kappa shape index (κ3) is 6.78. The average molecular weight is 350 g/mol. The van der Waals surface area contributed by atoms with Crippen LogP contribution in [0.5, 0.6) is 0 Å². The van der Waals surface area contributed by atoms with Gasteiger partial charge >= 0.3 is 6.03 Å². The Kier molecular flexibility index (Phi) is 7.78. The van der Waals surface area contributed by atoms with E-state index in [4.69, 9.17) is 4.42 Å². The van der Waals surface area contributed by atoms with Crippen molar-refractivity contribution in [3.8, 4) is 0 Å². The maximum atomic E-state index is 12.0. The highest BCUT2D eigenvalue weighted by Gasteiger charge is 2.18. The molecule has 0 aliphatic heterocycles. The van der Waals surface area contributed by atoms with Crippen molar-refractivity contribution in [1.29, 1.82) is 0 Å². The van der Waals surface area contributed by atoms with Gasteiger partial charge in [-0.2, -0.15) is 0 Å². The van der Waals surface area contributed by atoms with E-state index in [0.29, 0.717) is 13.1 Å². The van der Waals surface area contributed by atoms with Crippen molar-refractivity contribution in [2.45, 2.75) is 50.6 Å². The van der Waals surface area contributed by atoms with Gasteiger partial charge < -0.3 is 20.4 Å². The van der Waals surface area contributed by atoms with Crippen LogP contribution in [0, 0.1) is 0 Å². The van der Waals surface area contributed by atoms with E-state index in [9.17, 15) is 9.59 Å². The summed E-state index contributed by atoms with van der Waals surface area (Å²) in [7, 11) is 3.88. The molecule has 1 aromatic rings. The molecule has 1 atom stereocenters. The molecular weight excluding hydrogens is 320 g/mol. The van der Waals surface area contributed by atoms with Crippen LogP contribution in [0.15, 0.2) is 22.8 Å². The van der Waals surface area contributed by atoms with Gasteiger partial charge in [0.05, 0.1) is 12.3 Å². The van der Waals surface area contributed by atoms with Crippen LogP contribution in [0.3, 0.4) is 0 Å². The number of carbonyl (C=O) groups excluding carboxylic acids is 2. The van der Waals surface area contributed by atoms with Gasteiger partial charge in [-0.15, -0.1) is 0 Å². The Morgan fingerprint density at radius 3 is 2.64 bits per heavy atom. The quantitative estimate of drug-likeness (QED) is 0.669. The van der Waals surface area contributed by atoms with Gasteiger partial charge in [0.15, 0.2) is 0 Å². The van der Waals surface area contributed by atoms with E-state index in [-0.39, 0.29) is 30.4 Å². The van der Waals surface area contributed by atoms with E-state index in [1.165, 1.54) is 19.3 Å². The fraction of sp³-hybridized carbons (Fsp3) is 0.667. The van der Waals surface area contributed by atoms with Crippen LogP contribution in [0.25, 0.3) is 0 Å². The van der Waals surface area contributed by atoms with Gasteiger partial charge in [-0.25, -0.2) is 4.79 Å². The van der Waals surface area contributed by atoms with E-state index in [2.05, 4.69) is 16.0 Å². The lowest BCUT2D eigenvalue weighted by Gasteiger charge is -2.23. The molecule has 3 amide bonds. The minimum absolute atomic E-state index is 0.0125. The van der Waals surface area contributed by atoms with Crippen molar-refractivity contribution in [1.82, 2.24) is 20.9 Å². The molecule has 0 saturated heterocycles. The van der Waals surface area contributed by atoms with Crippen LogP contribution in [0.1, 0.15) is 50.3 Å². The van der Waals surface area contributed by atoms with Gasteiger partial charge in [0.2, 0.25) is 5.91 Å². The number of urea groups is 1. The van der Waals surface area contributed by atoms with Crippen LogP contribution in [-0.2, 0) is 4.79 Å². The lowest BCUT2D eigenvalue weighted by atomic mass is 9.96. The van der Waals surface area contributed by atoms with Crippen molar-refractivity contribution in [2.75, 3.05) is 27.2 Å². The average Bonchev–Trinajstić information content (AvgIpc) is 3.10. The maximum Gasteiger partial charge on any atom is 0.315 e. The van der Waals surface area contributed by atoms with Crippen molar-refractivity contribution < 1.29 is 14.0 Å². The first-order valence-corrected chi connectivity index (χ1v) is 9.07. The molecule has 0 aromatic carbocycles. The van der Waals surface area contributed by atoms with Gasteiger partial charge in [-0.05, 0) is 39.1 Å². The SMILES string of the molecule is CN(C)C(CNC(=O)CCNC(=O)NC1CCCCC1)c1ccco1. The molecule has 1 saturated carbocycles. The third-order valence-electron chi connectivity index (χ3n) is 4.57. The number of hydrogen-bond donors (Lipinski definition) is 3. The Labute approximate surface area is 149 Å². The Balaban J connectivity index is 1.62. The topological polar surface area (TPSA) is 86.6 Å². The number of carbonyl (C=O) groups is 2. The van der Waals surface area contributed by atoms with Crippen molar-refractivity contribution in [3.63, 3.8) is 0 Å². The second kappa shape index (κ2) is 10.1. The highest BCUT2D eigenvalue weighted by Crippen LogP contribution is 2.18. The Hall–Kier alpha value is -2.02. The van der Waals surface area contributed by atoms with E-state index in [1.807, 2.05) is 31.1 Å². The van der Waals surface area contributed by atoms with Crippen LogP contribution in [0.4, 0.5) is 4.79 Å². The summed E-state index contributed by atoms with van der Waals surface area (Å²) < 4.78 is 5.42. The summed E-state index contributed by atoms with van der Waals surface area (Å²) in [6.07, 6.45) is 7.59. The van der Waals surface area contributed by atoms with Gasteiger partial charge in [-0.1, -0.05) is 19.3 Å². The lowest BCUT2D eigenvalue weighted by Crippen LogP contribution is -2.44. The van der Waals surface area contributed by atoms with E-state index in [0.717, 1.165) is 18.6 Å². The summed E-state index contributed by atoms with van der Waals surface area (Å²) >= 11 is 0. The maximum absolute atomic E-state index is 12.0. The van der Waals surface area contributed by atoms with Crippen LogP contribution in [0.2, 0.25) is 0 Å². The number of nitrogens with zero attached hydrogens (tertiary/aromatic N) is 1. The first-order valence-electron chi connectivity index (χ1n) is 9.07. The van der Waals surface area contributed by atoms with Gasteiger partial charge in [0.1, 0.15) is 5.76 Å². The van der Waals surface area contributed by atoms with E-state index < -0.39 is 0 Å². The summed E-state index contributed by atoms with van der Waals surface area (Å²) in [6, 6.07) is 3.82. The molecule has 1 unspecified atom stereocenters. The van der Waals surface area contributed by atoms with Crippen molar-refractivity contribution >= 4 is 11.9 Å². The standard InChI is InChI=1S/C18H30N4O3/c1-22(2)15(16-9-6-12-25-16)13-20-17(23)10-11-19-18(24)21-14-7-4-3-5-8-14/h6,9,12,14-15H,3-5,7-8,10-11,13H2,1-2H3,(H,20,23)(H2,19,21,24). The number of amides is 3. The first kappa shape index (κ1) is 19.3. The third-order valence-corrected chi connectivity index (χ3v) is 4.57. The highest BCUT2D eigenvalue weighted by atomic mass is 16.3. The van der Waals surface area contributed by atoms with E-state index in [1.54, 1.807) is 6.26 Å². The number of nitrogens with one attached hydrogen (secondary N) is 3. The number of hydrogen-bond acceptors (Lipinski definition) is 4. The molecule has 7 heteroatoms. The largest absolute Gasteiger partial charge is 0.468 e. The Bertz CT molecular complexity index is 524. The lowest BCUT2D eigenvalue weighted by molar-refractivity contribution is -0.121. The Morgan fingerprint density at radius 2 is 2.00 bits per heavy atom. The van der Waals surface area contributed by atoms with Crippen LogP contribution in [-0.4, -0.2) is 50.1 Å². The van der Waals surface area contributed by atoms with Crippen molar-refractivity contribution in [3.05, 3.63) is 24.2 Å². The first-order chi connectivity index (χ1) is 12.1. The zero-order chi connectivity index (χ0) is 18.1. The minimum atomic E-state index is -0.179. The smallest absolute Gasteiger partial charge is 0.315 e. The summed E-state index contributed by atoms with van der Waals surface area (Å²) in [5, 5.41) is 8.63. The molecular formula is C18H30N4O3. The van der Waals surface area contributed by atoms with E-state index >= 15 is 0 Å². The fourth-order valence-electron chi connectivity index (χ4n) is 3.09. The molecule has 25 heavy (non-hydrogen) atoms. The van der Waals surface area contributed by atoms with Gasteiger partial charge in [-0.3, -0.25) is 9.69 Å². The number of furan rings is 1. The minimum Gasteiger partial charge on any atom is -0.468 e. The predicted molar refractivity (Wildman–Crippen MR) is 96.2 cm³/mol. The zero-order valence-corrected chi connectivity index (χ0v) is 15.2. The number of rotatable bonds is 8. The molecule has 0 radical (unpaired) electrons. The summed E-state index contributed by atoms with van der Waals surface area (Å²) in [4.78, 5) is 25.8. The molecule has 1 heterocycles. The summed E-state index contributed by atoms with van der Waals surface area (Å²) in [5.41, 5.74) is 0. The molecule has 2 rings (SSSR count).